The van der Waals surface area contributed by atoms with Crippen LogP contribution in [0.4, 0.5) is 5.69 Å². The van der Waals surface area contributed by atoms with E-state index in [4.69, 9.17) is 0 Å². The van der Waals surface area contributed by atoms with Gasteiger partial charge in [0.05, 0.1) is 5.69 Å². The highest BCUT2D eigenvalue weighted by Gasteiger charge is 2.15. The molecule has 2 rings (SSSR count). The van der Waals surface area contributed by atoms with Crippen LogP contribution in [-0.2, 0) is 24.8 Å². The number of carbonyl (C=O) groups excluding carboxylic acids is 1. The van der Waals surface area contributed by atoms with Gasteiger partial charge in [0.1, 0.15) is 6.54 Å². The molecule has 0 saturated heterocycles. The zero-order valence-corrected chi connectivity index (χ0v) is 21.2. The number of benzene rings is 1. The lowest BCUT2D eigenvalue weighted by molar-refractivity contribution is -0.114. The molecule has 0 saturated carbocycles. The van der Waals surface area contributed by atoms with E-state index in [0.29, 0.717) is 18.4 Å². The summed E-state index contributed by atoms with van der Waals surface area (Å²) in [4.78, 5) is 18.9. The van der Waals surface area contributed by atoms with Crippen molar-refractivity contribution in [3.05, 3.63) is 47.3 Å². The van der Waals surface area contributed by atoms with Gasteiger partial charge >= 0.3 is 0 Å². The topological polar surface area (TPSA) is 74.6 Å². The van der Waals surface area contributed by atoms with Crippen molar-refractivity contribution in [2.75, 3.05) is 25.5 Å². The number of rotatable bonds is 8. The molecule has 0 spiro atoms. The smallest absolute Gasteiger partial charge is 0.246 e. The van der Waals surface area contributed by atoms with E-state index in [1.165, 1.54) is 5.56 Å². The number of aryl methyl sites for hydroxylation is 2. The number of amides is 1. The molecular formula is C22H35IN6O. The van der Waals surface area contributed by atoms with Gasteiger partial charge in [-0.3, -0.25) is 9.48 Å². The molecule has 8 heteroatoms. The minimum atomic E-state index is -0.133. The van der Waals surface area contributed by atoms with Crippen molar-refractivity contribution in [1.29, 1.82) is 0 Å². The van der Waals surface area contributed by atoms with Crippen molar-refractivity contribution in [3.8, 4) is 0 Å². The van der Waals surface area contributed by atoms with E-state index < -0.39 is 0 Å². The molecule has 7 nitrogen and oxygen atoms in total. The molecule has 166 valence electrons. The van der Waals surface area contributed by atoms with Gasteiger partial charge in [0.2, 0.25) is 5.91 Å². The van der Waals surface area contributed by atoms with Crippen LogP contribution in [0.5, 0.6) is 0 Å². The van der Waals surface area contributed by atoms with Crippen LogP contribution in [-0.4, -0.2) is 46.7 Å². The molecule has 0 atom stereocenters. The molecule has 0 radical (unpaired) electrons. The van der Waals surface area contributed by atoms with E-state index in [2.05, 4.69) is 47.6 Å². The Morgan fingerprint density at radius 3 is 2.67 bits per heavy atom. The summed E-state index contributed by atoms with van der Waals surface area (Å²) in [7, 11) is 3.91. The van der Waals surface area contributed by atoms with Gasteiger partial charge in [-0.1, -0.05) is 32.9 Å². The van der Waals surface area contributed by atoms with Crippen LogP contribution in [0.15, 0.2) is 35.5 Å². The van der Waals surface area contributed by atoms with Crippen LogP contribution in [0.25, 0.3) is 0 Å². The first-order valence-corrected chi connectivity index (χ1v) is 10.2. The summed E-state index contributed by atoms with van der Waals surface area (Å²) in [5, 5.41) is 10.8. The minimum Gasteiger partial charge on any atom is -0.357 e. The zero-order valence-electron chi connectivity index (χ0n) is 18.9. The van der Waals surface area contributed by atoms with E-state index in [-0.39, 0.29) is 36.4 Å². The maximum Gasteiger partial charge on any atom is 0.246 e. The third-order valence-corrected chi connectivity index (χ3v) is 4.58. The van der Waals surface area contributed by atoms with Gasteiger partial charge in [-0.25, -0.2) is 4.99 Å². The van der Waals surface area contributed by atoms with Crippen molar-refractivity contribution in [2.45, 2.75) is 46.6 Å². The predicted molar refractivity (Wildman–Crippen MR) is 135 cm³/mol. The van der Waals surface area contributed by atoms with Gasteiger partial charge in [0.15, 0.2) is 5.96 Å². The van der Waals surface area contributed by atoms with E-state index >= 15 is 0 Å². The summed E-state index contributed by atoms with van der Waals surface area (Å²) in [5.41, 5.74) is 4.25. The zero-order chi connectivity index (χ0) is 21.4. The first kappa shape index (κ1) is 25.9. The monoisotopic (exact) mass is 526 g/mol. The van der Waals surface area contributed by atoms with Gasteiger partial charge in [-0.15, -0.1) is 24.0 Å². The first-order chi connectivity index (χ1) is 13.8. The number of halogens is 1. The molecule has 1 aromatic heterocycles. The Bertz CT molecular complexity index is 846. The second-order valence-corrected chi connectivity index (χ2v) is 7.50. The Morgan fingerprint density at radius 1 is 1.30 bits per heavy atom. The first-order valence-electron chi connectivity index (χ1n) is 10.2. The number of hydrogen-bond donors (Lipinski definition) is 2. The minimum absolute atomic E-state index is 0. The fraction of sp³-hybridized carbons (Fsp3) is 0.500. The lowest BCUT2D eigenvalue weighted by atomic mass is 10.1. The maximum absolute atomic E-state index is 12.4. The number of hydrogen-bond acceptors (Lipinski definition) is 3. The molecular weight excluding hydrogens is 491 g/mol. The molecule has 1 heterocycles. The number of aliphatic imine (C=N–C) groups is 1. The van der Waals surface area contributed by atoms with Gasteiger partial charge in [0.25, 0.3) is 0 Å². The van der Waals surface area contributed by atoms with Crippen molar-refractivity contribution >= 4 is 41.5 Å². The van der Waals surface area contributed by atoms with E-state index in [1.807, 2.05) is 55.0 Å². The van der Waals surface area contributed by atoms with Crippen LogP contribution in [0, 0.1) is 0 Å². The highest BCUT2D eigenvalue weighted by molar-refractivity contribution is 14.0. The summed E-state index contributed by atoms with van der Waals surface area (Å²) in [6.07, 6.45) is 2.98. The molecule has 0 bridgehead atoms. The Balaban J connectivity index is 0.00000450. The summed E-state index contributed by atoms with van der Waals surface area (Å²) in [6, 6.07) is 7.90. The largest absolute Gasteiger partial charge is 0.357 e. The molecule has 2 N–H and O–H groups in total. The fourth-order valence-corrected chi connectivity index (χ4v) is 3.18. The molecule has 0 fully saturated rings. The molecule has 0 aliphatic heterocycles. The summed E-state index contributed by atoms with van der Waals surface area (Å²) >= 11 is 0. The Morgan fingerprint density at radius 2 is 2.03 bits per heavy atom. The maximum atomic E-state index is 12.4. The highest BCUT2D eigenvalue weighted by atomic mass is 127. The van der Waals surface area contributed by atoms with Crippen molar-refractivity contribution in [3.63, 3.8) is 0 Å². The van der Waals surface area contributed by atoms with Gasteiger partial charge in [-0.2, -0.15) is 5.10 Å². The Labute approximate surface area is 197 Å². The summed E-state index contributed by atoms with van der Waals surface area (Å²) in [5.74, 6) is 0.915. The number of guanidine groups is 1. The van der Waals surface area contributed by atoms with Gasteiger partial charge < -0.3 is 15.5 Å². The van der Waals surface area contributed by atoms with Crippen LogP contribution < -0.4 is 10.6 Å². The molecule has 2 aromatic rings. The molecule has 1 aromatic carbocycles. The molecule has 0 aliphatic carbocycles. The van der Waals surface area contributed by atoms with Gasteiger partial charge in [-0.05, 0) is 37.0 Å². The fourth-order valence-electron chi connectivity index (χ4n) is 3.18. The summed E-state index contributed by atoms with van der Waals surface area (Å²) < 4.78 is 1.85. The number of carbonyl (C=O) groups is 1. The second-order valence-electron chi connectivity index (χ2n) is 7.50. The number of nitrogens with one attached hydrogen (secondary N) is 2. The average Bonchev–Trinajstić information content (AvgIpc) is 3.05. The van der Waals surface area contributed by atoms with Crippen LogP contribution in [0.2, 0.25) is 0 Å². The van der Waals surface area contributed by atoms with Crippen LogP contribution in [0.1, 0.15) is 50.4 Å². The third kappa shape index (κ3) is 7.62. The standard InChI is InChI=1S/C22H34N6O.HI/c1-7-17-10-9-11-19(12-17)25-20(29)13-24-22(23-8-2)27(5)14-18-15-28(6)26-21(18)16(3)4;/h9-12,15-16H,7-8,13-14H2,1-6H3,(H,23,24)(H,25,29);1H. The number of nitrogens with zero attached hydrogens (tertiary/aromatic N) is 4. The molecule has 0 unspecified atom stereocenters. The Kier molecular flexibility index (Phi) is 10.9. The van der Waals surface area contributed by atoms with Crippen LogP contribution in [0.3, 0.4) is 0 Å². The summed E-state index contributed by atoms with van der Waals surface area (Å²) in [6.45, 7) is 9.86. The second kappa shape index (κ2) is 12.6. The predicted octanol–water partition coefficient (Wildman–Crippen LogP) is 3.76. The molecule has 0 aliphatic rings. The average molecular weight is 526 g/mol. The van der Waals surface area contributed by atoms with Crippen molar-refractivity contribution in [1.82, 2.24) is 20.0 Å². The third-order valence-electron chi connectivity index (χ3n) is 4.58. The molecule has 30 heavy (non-hydrogen) atoms. The lowest BCUT2D eigenvalue weighted by Crippen LogP contribution is -2.39. The lowest BCUT2D eigenvalue weighted by Gasteiger charge is -2.22. The van der Waals surface area contributed by atoms with E-state index in [1.54, 1.807) is 0 Å². The normalized spacial score (nSPS) is 11.2. The number of anilines is 1. The molecule has 1 amide bonds. The Hall–Kier alpha value is -2.10. The van der Waals surface area contributed by atoms with E-state index in [0.717, 1.165) is 29.9 Å². The highest BCUT2D eigenvalue weighted by Crippen LogP contribution is 2.18. The van der Waals surface area contributed by atoms with Crippen molar-refractivity contribution in [2.24, 2.45) is 12.0 Å². The van der Waals surface area contributed by atoms with Crippen LogP contribution >= 0.6 is 24.0 Å². The van der Waals surface area contributed by atoms with E-state index in [9.17, 15) is 4.79 Å². The quantitative estimate of drug-likeness (QED) is 0.312. The van der Waals surface area contributed by atoms with Crippen molar-refractivity contribution < 1.29 is 4.79 Å². The SMILES string of the molecule is CCNC(=NCC(=O)Nc1cccc(CC)c1)N(C)Cc1cn(C)nc1C(C)C.I. The number of aromatic nitrogens is 2. The van der Waals surface area contributed by atoms with Gasteiger partial charge in [0, 0.05) is 44.6 Å².